The normalized spacial score (nSPS) is 21.7. The van der Waals surface area contributed by atoms with E-state index in [0.717, 1.165) is 18.8 Å². The molecular formula is C17H22N4O. The maximum Gasteiger partial charge on any atom is 0.222 e. The smallest absolute Gasteiger partial charge is 0.222 e. The average Bonchev–Trinajstić information content (AvgIpc) is 2.95. The van der Waals surface area contributed by atoms with Gasteiger partial charge in [-0.2, -0.15) is 0 Å². The number of likely N-dealkylation sites (tertiary alicyclic amines) is 1. The topological polar surface area (TPSA) is 50.3 Å². The molecule has 0 bridgehead atoms. The van der Waals surface area contributed by atoms with Crippen molar-refractivity contribution in [2.45, 2.75) is 12.5 Å². The molecule has 1 aromatic heterocycles. The van der Waals surface area contributed by atoms with Crippen LogP contribution in [0.3, 0.4) is 0 Å². The molecule has 1 saturated heterocycles. The summed E-state index contributed by atoms with van der Waals surface area (Å²) >= 11 is 0. The van der Waals surface area contributed by atoms with Crippen molar-refractivity contribution in [1.82, 2.24) is 14.9 Å². The number of nitrogens with one attached hydrogen (secondary N) is 1. The first-order chi connectivity index (χ1) is 10.8. The molecule has 1 fully saturated rings. The van der Waals surface area contributed by atoms with Gasteiger partial charge >= 0.3 is 0 Å². The lowest BCUT2D eigenvalue weighted by molar-refractivity contribution is 0.281. The average molecular weight is 298 g/mol. The number of ether oxygens (including phenoxy) is 1. The van der Waals surface area contributed by atoms with Crippen LogP contribution in [0.25, 0.3) is 0 Å². The zero-order chi connectivity index (χ0) is 15.4. The number of benzene rings is 1. The van der Waals surface area contributed by atoms with Gasteiger partial charge in [0.1, 0.15) is 5.75 Å². The highest BCUT2D eigenvalue weighted by Gasteiger charge is 2.32. The molecule has 1 aliphatic heterocycles. The van der Waals surface area contributed by atoms with Crippen LogP contribution in [0.15, 0.2) is 42.7 Å². The first-order valence-corrected chi connectivity index (χ1v) is 7.63. The van der Waals surface area contributed by atoms with E-state index in [2.05, 4.69) is 39.4 Å². The minimum absolute atomic E-state index is 0.419. The summed E-state index contributed by atoms with van der Waals surface area (Å²) in [6.07, 6.45) is 4.70. The van der Waals surface area contributed by atoms with Crippen LogP contribution in [0.5, 0.6) is 5.75 Å². The maximum atomic E-state index is 5.25. The molecule has 0 spiro atoms. The third-order valence-corrected chi connectivity index (χ3v) is 4.32. The fraction of sp³-hybridized carbons (Fsp3) is 0.412. The van der Waals surface area contributed by atoms with Crippen LogP contribution in [-0.4, -0.2) is 42.1 Å². The van der Waals surface area contributed by atoms with Crippen LogP contribution < -0.4 is 10.1 Å². The molecule has 2 atom stereocenters. The number of hydrogen-bond donors (Lipinski definition) is 1. The molecule has 5 nitrogen and oxygen atoms in total. The Morgan fingerprint density at radius 1 is 1.23 bits per heavy atom. The summed E-state index contributed by atoms with van der Waals surface area (Å²) in [7, 11) is 3.89. The second-order valence-corrected chi connectivity index (χ2v) is 5.70. The SMILES string of the molecule is COc1ccc([C@H]2[C@H](CNc3ncccn3)CCN2C)cc1. The molecule has 2 aromatic rings. The lowest BCUT2D eigenvalue weighted by atomic mass is 9.93. The van der Waals surface area contributed by atoms with E-state index in [-0.39, 0.29) is 0 Å². The van der Waals surface area contributed by atoms with E-state index in [1.54, 1.807) is 19.5 Å². The Bertz CT molecular complexity index is 587. The van der Waals surface area contributed by atoms with E-state index in [0.29, 0.717) is 17.9 Å². The van der Waals surface area contributed by atoms with E-state index < -0.39 is 0 Å². The third-order valence-electron chi connectivity index (χ3n) is 4.32. The van der Waals surface area contributed by atoms with Crippen LogP contribution in [0.2, 0.25) is 0 Å². The summed E-state index contributed by atoms with van der Waals surface area (Å²) in [4.78, 5) is 10.9. The summed E-state index contributed by atoms with van der Waals surface area (Å²) in [5.41, 5.74) is 1.33. The largest absolute Gasteiger partial charge is 0.497 e. The van der Waals surface area contributed by atoms with E-state index in [4.69, 9.17) is 4.74 Å². The number of aromatic nitrogens is 2. The number of rotatable bonds is 5. The summed E-state index contributed by atoms with van der Waals surface area (Å²) < 4.78 is 5.25. The Hall–Kier alpha value is -2.14. The quantitative estimate of drug-likeness (QED) is 0.919. The van der Waals surface area contributed by atoms with Crippen molar-refractivity contribution in [3.8, 4) is 5.75 Å². The van der Waals surface area contributed by atoms with Crippen molar-refractivity contribution in [2.24, 2.45) is 5.92 Å². The highest BCUT2D eigenvalue weighted by molar-refractivity contribution is 5.31. The Kier molecular flexibility index (Phi) is 4.53. The third kappa shape index (κ3) is 3.20. The van der Waals surface area contributed by atoms with Crippen molar-refractivity contribution in [3.05, 3.63) is 48.3 Å². The summed E-state index contributed by atoms with van der Waals surface area (Å²) in [6.45, 7) is 1.99. The van der Waals surface area contributed by atoms with Gasteiger partial charge < -0.3 is 10.1 Å². The maximum absolute atomic E-state index is 5.25. The zero-order valence-electron chi connectivity index (χ0n) is 13.1. The van der Waals surface area contributed by atoms with E-state index in [9.17, 15) is 0 Å². The number of hydrogen-bond acceptors (Lipinski definition) is 5. The predicted molar refractivity (Wildman–Crippen MR) is 87.0 cm³/mol. The van der Waals surface area contributed by atoms with E-state index in [1.165, 1.54) is 12.0 Å². The number of anilines is 1. The van der Waals surface area contributed by atoms with Crippen LogP contribution in [0.4, 0.5) is 5.95 Å². The molecule has 0 amide bonds. The van der Waals surface area contributed by atoms with E-state index in [1.807, 2.05) is 18.2 Å². The van der Waals surface area contributed by atoms with E-state index >= 15 is 0 Å². The highest BCUT2D eigenvalue weighted by Crippen LogP contribution is 2.36. The lowest BCUT2D eigenvalue weighted by Gasteiger charge is -2.26. The standard InChI is InChI=1S/C17H22N4O/c1-21-11-8-14(12-20-17-18-9-3-10-19-17)16(21)13-4-6-15(22-2)7-5-13/h3-7,9-10,14,16H,8,11-12H2,1-2H3,(H,18,19,20)/t14-,16-/m0/s1. The van der Waals surface area contributed by atoms with Gasteiger partial charge in [-0.1, -0.05) is 12.1 Å². The van der Waals surface area contributed by atoms with Gasteiger partial charge in [0.15, 0.2) is 0 Å². The van der Waals surface area contributed by atoms with Crippen molar-refractivity contribution in [1.29, 1.82) is 0 Å². The predicted octanol–water partition coefficient (Wildman–Crippen LogP) is 2.59. The van der Waals surface area contributed by atoms with Gasteiger partial charge in [0.25, 0.3) is 0 Å². The second kappa shape index (κ2) is 6.75. The van der Waals surface area contributed by atoms with Gasteiger partial charge in [0, 0.05) is 25.0 Å². The number of nitrogens with zero attached hydrogens (tertiary/aromatic N) is 3. The second-order valence-electron chi connectivity index (χ2n) is 5.70. The highest BCUT2D eigenvalue weighted by atomic mass is 16.5. The fourth-order valence-corrected chi connectivity index (χ4v) is 3.18. The van der Waals surface area contributed by atoms with Crippen LogP contribution in [-0.2, 0) is 0 Å². The summed E-state index contributed by atoms with van der Waals surface area (Å²) in [6, 6.07) is 10.6. The van der Waals surface area contributed by atoms with Gasteiger partial charge in [0.2, 0.25) is 5.95 Å². The van der Waals surface area contributed by atoms with Gasteiger partial charge in [-0.05, 0) is 49.7 Å². The fourth-order valence-electron chi connectivity index (χ4n) is 3.18. The minimum Gasteiger partial charge on any atom is -0.497 e. The van der Waals surface area contributed by atoms with Crippen molar-refractivity contribution < 1.29 is 4.74 Å². The molecule has 1 aliphatic rings. The first-order valence-electron chi connectivity index (χ1n) is 7.63. The molecule has 3 rings (SSSR count). The molecule has 1 N–H and O–H groups in total. The molecule has 0 radical (unpaired) electrons. The van der Waals surface area contributed by atoms with Crippen molar-refractivity contribution in [2.75, 3.05) is 32.6 Å². The molecule has 116 valence electrons. The van der Waals surface area contributed by atoms with Crippen LogP contribution in [0, 0.1) is 5.92 Å². The summed E-state index contributed by atoms with van der Waals surface area (Å²) in [5.74, 6) is 2.14. The molecule has 0 saturated carbocycles. The Labute approximate surface area is 131 Å². The molecule has 22 heavy (non-hydrogen) atoms. The lowest BCUT2D eigenvalue weighted by Crippen LogP contribution is -2.25. The van der Waals surface area contributed by atoms with Gasteiger partial charge in [-0.25, -0.2) is 9.97 Å². The zero-order valence-corrected chi connectivity index (χ0v) is 13.1. The van der Waals surface area contributed by atoms with Gasteiger partial charge in [-0.15, -0.1) is 0 Å². The van der Waals surface area contributed by atoms with Crippen LogP contribution >= 0.6 is 0 Å². The van der Waals surface area contributed by atoms with Crippen molar-refractivity contribution >= 4 is 5.95 Å². The van der Waals surface area contributed by atoms with Gasteiger partial charge in [-0.3, -0.25) is 4.90 Å². The first kappa shape index (κ1) is 14.8. The minimum atomic E-state index is 0.419. The Morgan fingerprint density at radius 3 is 2.64 bits per heavy atom. The Balaban J connectivity index is 1.70. The van der Waals surface area contributed by atoms with Crippen LogP contribution in [0.1, 0.15) is 18.0 Å². The Morgan fingerprint density at radius 2 is 1.95 bits per heavy atom. The molecule has 1 aromatic carbocycles. The molecule has 0 aliphatic carbocycles. The number of methoxy groups -OCH3 is 1. The molecular weight excluding hydrogens is 276 g/mol. The molecule has 2 heterocycles. The monoisotopic (exact) mass is 298 g/mol. The molecule has 0 unspecified atom stereocenters. The molecule has 5 heteroatoms. The summed E-state index contributed by atoms with van der Waals surface area (Å²) in [5, 5.41) is 3.36. The van der Waals surface area contributed by atoms with Crippen molar-refractivity contribution in [3.63, 3.8) is 0 Å². The van der Waals surface area contributed by atoms with Gasteiger partial charge in [0.05, 0.1) is 7.11 Å².